The van der Waals surface area contributed by atoms with Gasteiger partial charge >= 0.3 is 0 Å². The molecule has 1 aromatic carbocycles. The minimum atomic E-state index is -0.262. The van der Waals surface area contributed by atoms with Crippen LogP contribution < -0.4 is 5.32 Å². The molecule has 0 atom stereocenters. The van der Waals surface area contributed by atoms with Crippen LogP contribution in [0.15, 0.2) is 35.8 Å². The van der Waals surface area contributed by atoms with Crippen molar-refractivity contribution in [2.75, 3.05) is 0 Å². The van der Waals surface area contributed by atoms with E-state index < -0.39 is 0 Å². The van der Waals surface area contributed by atoms with E-state index in [1.165, 1.54) is 0 Å². The molecule has 4 rings (SSSR count). The molecule has 0 spiro atoms. The number of amides is 1. The van der Waals surface area contributed by atoms with E-state index in [1.54, 1.807) is 11.3 Å². The van der Waals surface area contributed by atoms with Crippen LogP contribution in [-0.4, -0.2) is 15.9 Å². The van der Waals surface area contributed by atoms with Crippen molar-refractivity contribution < 1.29 is 4.79 Å². The van der Waals surface area contributed by atoms with E-state index in [-0.39, 0.29) is 11.4 Å². The number of benzene rings is 1. The third-order valence-corrected chi connectivity index (χ3v) is 6.05. The molecular formula is C19H21N3OS. The van der Waals surface area contributed by atoms with Crippen LogP contribution in [0.1, 0.15) is 41.9 Å². The highest BCUT2D eigenvalue weighted by molar-refractivity contribution is 7.09. The summed E-state index contributed by atoms with van der Waals surface area (Å²) in [7, 11) is 0. The largest absolute Gasteiger partial charge is 0.361 e. The van der Waals surface area contributed by atoms with Crippen molar-refractivity contribution in [1.29, 1.82) is 0 Å². The zero-order valence-electron chi connectivity index (χ0n) is 13.8. The van der Waals surface area contributed by atoms with E-state index in [9.17, 15) is 4.79 Å². The Balaban J connectivity index is 1.56. The molecule has 2 aromatic heterocycles. The van der Waals surface area contributed by atoms with Crippen molar-refractivity contribution in [3.63, 3.8) is 0 Å². The first kappa shape index (κ1) is 15.4. The summed E-state index contributed by atoms with van der Waals surface area (Å²) in [4.78, 5) is 20.7. The third-order valence-electron chi connectivity index (χ3n) is 4.89. The van der Waals surface area contributed by atoms with Crippen LogP contribution in [0.2, 0.25) is 0 Å². The summed E-state index contributed by atoms with van der Waals surface area (Å²) in [6.07, 6.45) is 6.60. The van der Waals surface area contributed by atoms with E-state index >= 15 is 0 Å². The highest BCUT2D eigenvalue weighted by Crippen LogP contribution is 2.40. The Kier molecular flexibility index (Phi) is 3.88. The number of carbonyl (C=O) groups excluding carboxylic acids is 1. The number of thiazole rings is 1. The molecule has 1 amide bonds. The molecule has 0 saturated heterocycles. The highest BCUT2D eigenvalue weighted by Gasteiger charge is 2.39. The van der Waals surface area contributed by atoms with Crippen molar-refractivity contribution in [2.45, 2.75) is 44.6 Å². The van der Waals surface area contributed by atoms with E-state index in [0.717, 1.165) is 52.9 Å². The second-order valence-electron chi connectivity index (χ2n) is 6.67. The maximum atomic E-state index is 12.7. The van der Waals surface area contributed by atoms with Gasteiger partial charge in [0.25, 0.3) is 0 Å². The van der Waals surface area contributed by atoms with Crippen LogP contribution in [0, 0.1) is 6.92 Å². The molecule has 1 saturated carbocycles. The van der Waals surface area contributed by atoms with Gasteiger partial charge in [-0.15, -0.1) is 11.3 Å². The fourth-order valence-electron chi connectivity index (χ4n) is 3.71. The molecule has 0 aliphatic heterocycles. The lowest BCUT2D eigenvalue weighted by molar-refractivity contribution is -0.122. The zero-order chi connectivity index (χ0) is 16.6. The van der Waals surface area contributed by atoms with E-state index in [4.69, 9.17) is 0 Å². The van der Waals surface area contributed by atoms with Crippen LogP contribution >= 0.6 is 11.3 Å². The monoisotopic (exact) mass is 339 g/mol. The van der Waals surface area contributed by atoms with Crippen molar-refractivity contribution in [3.05, 3.63) is 52.1 Å². The van der Waals surface area contributed by atoms with Gasteiger partial charge in [-0.2, -0.15) is 0 Å². The standard InChI is InChI=1S/C19H21N3OS/c1-13-12-24-18(21-13)19(8-4-5-9-19)22-17(23)10-14-11-20-16-7-3-2-6-15(14)16/h2-3,6-7,11-12,20H,4-5,8-10H2,1H3,(H,22,23). The van der Waals surface area contributed by atoms with Crippen molar-refractivity contribution >= 4 is 28.1 Å². The summed E-state index contributed by atoms with van der Waals surface area (Å²) in [5.74, 6) is 0.0782. The van der Waals surface area contributed by atoms with Crippen molar-refractivity contribution in [3.8, 4) is 0 Å². The van der Waals surface area contributed by atoms with Gasteiger partial charge < -0.3 is 10.3 Å². The molecule has 0 radical (unpaired) electrons. The lowest BCUT2D eigenvalue weighted by Gasteiger charge is -2.28. The number of fused-ring (bicyclic) bond motifs is 1. The molecular weight excluding hydrogens is 318 g/mol. The molecule has 5 heteroatoms. The molecule has 3 aromatic rings. The van der Waals surface area contributed by atoms with Crippen LogP contribution in [0.4, 0.5) is 0 Å². The third kappa shape index (κ3) is 2.73. The lowest BCUT2D eigenvalue weighted by Crippen LogP contribution is -2.44. The van der Waals surface area contributed by atoms with Gasteiger partial charge in [0, 0.05) is 28.2 Å². The molecule has 2 N–H and O–H groups in total. The predicted molar refractivity (Wildman–Crippen MR) is 97.1 cm³/mol. The summed E-state index contributed by atoms with van der Waals surface area (Å²) in [5, 5.41) is 7.57. The van der Waals surface area contributed by atoms with Gasteiger partial charge in [0.15, 0.2) is 0 Å². The fourth-order valence-corrected chi connectivity index (χ4v) is 4.72. The normalized spacial score (nSPS) is 16.5. The summed E-state index contributed by atoms with van der Waals surface area (Å²) >= 11 is 1.67. The number of aromatic nitrogens is 2. The van der Waals surface area contributed by atoms with Gasteiger partial charge in [0.1, 0.15) is 5.01 Å². The Hall–Kier alpha value is -2.14. The number of carbonyl (C=O) groups is 1. The smallest absolute Gasteiger partial charge is 0.225 e. The van der Waals surface area contributed by atoms with Crippen molar-refractivity contribution in [2.24, 2.45) is 0 Å². The molecule has 2 heterocycles. The molecule has 0 bridgehead atoms. The molecule has 0 unspecified atom stereocenters. The van der Waals surface area contributed by atoms with Gasteiger partial charge in [-0.05, 0) is 31.4 Å². The summed E-state index contributed by atoms with van der Waals surface area (Å²) in [5.41, 5.74) is 2.90. The van der Waals surface area contributed by atoms with Gasteiger partial charge in [-0.25, -0.2) is 4.98 Å². The number of aromatic amines is 1. The average molecular weight is 339 g/mol. The summed E-state index contributed by atoms with van der Waals surface area (Å²) in [6, 6.07) is 8.10. The predicted octanol–water partition coefficient (Wildman–Crippen LogP) is 4.06. The molecule has 1 aliphatic carbocycles. The van der Waals surface area contributed by atoms with Gasteiger partial charge in [0.2, 0.25) is 5.91 Å². The Morgan fingerprint density at radius 3 is 2.88 bits per heavy atom. The first-order valence-corrected chi connectivity index (χ1v) is 9.33. The number of hydrogen-bond acceptors (Lipinski definition) is 3. The van der Waals surface area contributed by atoms with Gasteiger partial charge in [-0.1, -0.05) is 31.0 Å². The minimum Gasteiger partial charge on any atom is -0.361 e. The number of nitrogens with zero attached hydrogens (tertiary/aromatic N) is 1. The SMILES string of the molecule is Cc1csc(C2(NC(=O)Cc3c[nH]c4ccccc34)CCCC2)n1. The Bertz CT molecular complexity index is 874. The first-order valence-electron chi connectivity index (χ1n) is 8.45. The van der Waals surface area contributed by atoms with Crippen molar-refractivity contribution in [1.82, 2.24) is 15.3 Å². The Morgan fingerprint density at radius 2 is 2.12 bits per heavy atom. The number of nitrogens with one attached hydrogen (secondary N) is 2. The van der Waals surface area contributed by atoms with E-state index in [2.05, 4.69) is 26.7 Å². The summed E-state index contributed by atoms with van der Waals surface area (Å²) in [6.45, 7) is 2.01. The molecule has 4 nitrogen and oxygen atoms in total. The van der Waals surface area contributed by atoms with Crippen LogP contribution in [0.3, 0.4) is 0 Å². The maximum absolute atomic E-state index is 12.7. The topological polar surface area (TPSA) is 57.8 Å². The van der Waals surface area contributed by atoms with Crippen LogP contribution in [-0.2, 0) is 16.8 Å². The first-order chi connectivity index (χ1) is 11.7. The second kappa shape index (κ2) is 6.06. The Morgan fingerprint density at radius 1 is 1.33 bits per heavy atom. The summed E-state index contributed by atoms with van der Waals surface area (Å²) < 4.78 is 0. The molecule has 24 heavy (non-hydrogen) atoms. The number of hydrogen-bond donors (Lipinski definition) is 2. The quantitative estimate of drug-likeness (QED) is 0.753. The number of rotatable bonds is 4. The highest BCUT2D eigenvalue weighted by atomic mass is 32.1. The number of para-hydroxylation sites is 1. The maximum Gasteiger partial charge on any atom is 0.225 e. The minimum absolute atomic E-state index is 0.0782. The second-order valence-corrected chi connectivity index (χ2v) is 7.53. The van der Waals surface area contributed by atoms with Gasteiger partial charge in [-0.3, -0.25) is 4.79 Å². The molecule has 1 fully saturated rings. The van der Waals surface area contributed by atoms with Gasteiger partial charge in [0.05, 0.1) is 12.0 Å². The average Bonchev–Trinajstić information content (AvgIpc) is 3.29. The molecule has 124 valence electrons. The van der Waals surface area contributed by atoms with E-state index in [1.807, 2.05) is 31.3 Å². The molecule has 1 aliphatic rings. The number of aryl methyl sites for hydroxylation is 1. The van der Waals surface area contributed by atoms with Crippen LogP contribution in [0.25, 0.3) is 10.9 Å². The fraction of sp³-hybridized carbons (Fsp3) is 0.368. The number of H-pyrrole nitrogens is 1. The zero-order valence-corrected chi connectivity index (χ0v) is 14.6. The van der Waals surface area contributed by atoms with Crippen LogP contribution in [0.5, 0.6) is 0 Å². The van der Waals surface area contributed by atoms with E-state index in [0.29, 0.717) is 6.42 Å². The lowest BCUT2D eigenvalue weighted by atomic mass is 9.97. The Labute approximate surface area is 145 Å².